The fourth-order valence-corrected chi connectivity index (χ4v) is 6.36. The highest BCUT2D eigenvalue weighted by Crippen LogP contribution is 2.30. The molecule has 0 spiro atoms. The third-order valence-electron chi connectivity index (χ3n) is 7.22. The van der Waals surface area contributed by atoms with E-state index in [0.717, 1.165) is 37.5 Å². The molecule has 220 valence electrons. The molecule has 3 rings (SSSR count). The van der Waals surface area contributed by atoms with Gasteiger partial charge in [0.25, 0.3) is 0 Å². The maximum Gasteiger partial charge on any atom is 0.243 e. The Morgan fingerprint density at radius 2 is 1.73 bits per heavy atom. The molecule has 10 heteroatoms. The van der Waals surface area contributed by atoms with Crippen molar-refractivity contribution in [2.75, 3.05) is 23.7 Å². The maximum atomic E-state index is 13.7. The van der Waals surface area contributed by atoms with Crippen molar-refractivity contribution >= 4 is 39.1 Å². The zero-order chi connectivity index (χ0) is 29.1. The molecule has 8 nitrogen and oxygen atoms in total. The van der Waals surface area contributed by atoms with Crippen LogP contribution in [0.4, 0.5) is 5.69 Å². The van der Waals surface area contributed by atoms with Crippen molar-refractivity contribution < 1.29 is 22.7 Å². The number of sulfonamides is 1. The summed E-state index contributed by atoms with van der Waals surface area (Å²) in [4.78, 5) is 28.7. The Hall–Kier alpha value is -2.78. The number of nitrogens with one attached hydrogen (secondary N) is 1. The van der Waals surface area contributed by atoms with E-state index in [1.54, 1.807) is 35.2 Å². The van der Waals surface area contributed by atoms with E-state index in [-0.39, 0.29) is 43.8 Å². The van der Waals surface area contributed by atoms with E-state index in [2.05, 4.69) is 5.32 Å². The lowest BCUT2D eigenvalue weighted by Gasteiger charge is -2.33. The molecule has 1 aliphatic carbocycles. The third-order valence-corrected chi connectivity index (χ3v) is 8.77. The van der Waals surface area contributed by atoms with Gasteiger partial charge in [0.2, 0.25) is 21.8 Å². The van der Waals surface area contributed by atoms with E-state index >= 15 is 0 Å². The molecular formula is C30H42ClN3O5S. The van der Waals surface area contributed by atoms with Crippen LogP contribution in [0.3, 0.4) is 0 Å². The number of benzene rings is 2. The van der Waals surface area contributed by atoms with Crippen molar-refractivity contribution in [1.82, 2.24) is 10.2 Å². The van der Waals surface area contributed by atoms with Crippen molar-refractivity contribution in [3.05, 3.63) is 59.1 Å². The van der Waals surface area contributed by atoms with Gasteiger partial charge in [0.05, 0.1) is 18.6 Å². The molecule has 40 heavy (non-hydrogen) atoms. The van der Waals surface area contributed by atoms with Crippen LogP contribution < -0.4 is 14.4 Å². The Morgan fingerprint density at radius 1 is 1.05 bits per heavy atom. The van der Waals surface area contributed by atoms with Gasteiger partial charge < -0.3 is 15.0 Å². The number of carbonyl (C=O) groups is 2. The Bertz CT molecular complexity index is 1230. The van der Waals surface area contributed by atoms with Gasteiger partial charge in [-0.05, 0) is 56.4 Å². The summed E-state index contributed by atoms with van der Waals surface area (Å²) >= 11 is 6.44. The summed E-state index contributed by atoms with van der Waals surface area (Å²) in [5, 5.41) is 3.70. The number of hydrogen-bond donors (Lipinski definition) is 1. The van der Waals surface area contributed by atoms with E-state index in [0.29, 0.717) is 29.5 Å². The molecule has 0 bridgehead atoms. The molecule has 0 heterocycles. The van der Waals surface area contributed by atoms with Crippen LogP contribution in [0.5, 0.6) is 5.75 Å². The standard InChI is InChI=1S/C30H42ClN3O5S/c1-4-26(30(36)32-24-15-7-6-8-16-24)33(22-23-14-9-10-17-25(23)31)29(35)20-13-21-34(40(3,37)38)27-18-11-12-19-28(27)39-5-2/h9-12,14,17-19,24,26H,4-8,13,15-16,20-22H2,1-3H3,(H,32,36)/t26-/m1/s1. The molecular weight excluding hydrogens is 550 g/mol. The molecule has 1 aliphatic rings. The summed E-state index contributed by atoms with van der Waals surface area (Å²) in [5.74, 6) is 0.0860. The first-order valence-corrected chi connectivity index (χ1v) is 16.4. The van der Waals surface area contributed by atoms with Gasteiger partial charge in [-0.15, -0.1) is 0 Å². The smallest absolute Gasteiger partial charge is 0.243 e. The van der Waals surface area contributed by atoms with Crippen molar-refractivity contribution in [2.24, 2.45) is 0 Å². The van der Waals surface area contributed by atoms with Gasteiger partial charge in [-0.3, -0.25) is 13.9 Å². The summed E-state index contributed by atoms with van der Waals surface area (Å²) in [7, 11) is -3.64. The van der Waals surface area contributed by atoms with E-state index in [1.165, 1.54) is 10.7 Å². The summed E-state index contributed by atoms with van der Waals surface area (Å²) in [6.45, 7) is 4.42. The first kappa shape index (κ1) is 31.7. The Labute approximate surface area is 244 Å². The topological polar surface area (TPSA) is 96.0 Å². The number of halogens is 1. The molecule has 1 atom stereocenters. The van der Waals surface area contributed by atoms with Crippen LogP contribution in [0.2, 0.25) is 5.02 Å². The quantitative estimate of drug-likeness (QED) is 0.311. The molecule has 2 amide bonds. The van der Waals surface area contributed by atoms with Crippen LogP contribution in [0, 0.1) is 0 Å². The van der Waals surface area contributed by atoms with Crippen LogP contribution in [-0.4, -0.2) is 56.6 Å². The van der Waals surface area contributed by atoms with Gasteiger partial charge in [-0.25, -0.2) is 8.42 Å². The van der Waals surface area contributed by atoms with E-state index < -0.39 is 16.1 Å². The average Bonchev–Trinajstić information content (AvgIpc) is 2.92. The van der Waals surface area contributed by atoms with Crippen molar-refractivity contribution in [1.29, 1.82) is 0 Å². The van der Waals surface area contributed by atoms with Gasteiger partial charge in [-0.2, -0.15) is 0 Å². The number of para-hydroxylation sites is 2. The highest BCUT2D eigenvalue weighted by molar-refractivity contribution is 7.92. The zero-order valence-corrected chi connectivity index (χ0v) is 25.3. The molecule has 0 aromatic heterocycles. The molecule has 0 saturated heterocycles. The number of hydrogen-bond acceptors (Lipinski definition) is 5. The number of amides is 2. The maximum absolute atomic E-state index is 13.7. The highest BCUT2D eigenvalue weighted by atomic mass is 35.5. The second-order valence-corrected chi connectivity index (χ2v) is 12.5. The summed E-state index contributed by atoms with van der Waals surface area (Å²) in [6.07, 6.45) is 7.19. The van der Waals surface area contributed by atoms with Crippen LogP contribution in [0.15, 0.2) is 48.5 Å². The number of rotatable bonds is 14. The van der Waals surface area contributed by atoms with Gasteiger partial charge >= 0.3 is 0 Å². The molecule has 1 saturated carbocycles. The summed E-state index contributed by atoms with van der Waals surface area (Å²) < 4.78 is 32.4. The number of carbonyl (C=O) groups excluding carboxylic acids is 2. The fourth-order valence-electron chi connectivity index (χ4n) is 5.20. The van der Waals surface area contributed by atoms with E-state index in [9.17, 15) is 18.0 Å². The minimum atomic E-state index is -3.64. The fraction of sp³-hybridized carbons (Fsp3) is 0.533. The molecule has 0 aliphatic heterocycles. The predicted molar refractivity (Wildman–Crippen MR) is 160 cm³/mol. The molecule has 1 N–H and O–H groups in total. The number of anilines is 1. The minimum Gasteiger partial charge on any atom is -0.492 e. The summed E-state index contributed by atoms with van der Waals surface area (Å²) in [6, 6.07) is 13.7. The molecule has 0 unspecified atom stereocenters. The number of ether oxygens (including phenoxy) is 1. The first-order valence-electron chi connectivity index (χ1n) is 14.2. The second-order valence-electron chi connectivity index (χ2n) is 10.2. The lowest BCUT2D eigenvalue weighted by atomic mass is 9.95. The van der Waals surface area contributed by atoms with E-state index in [1.807, 2.05) is 32.0 Å². The first-order chi connectivity index (χ1) is 19.2. The lowest BCUT2D eigenvalue weighted by molar-refractivity contribution is -0.141. The minimum absolute atomic E-state index is 0.0699. The number of nitrogens with zero attached hydrogens (tertiary/aromatic N) is 2. The van der Waals surface area contributed by atoms with E-state index in [4.69, 9.17) is 16.3 Å². The average molecular weight is 592 g/mol. The van der Waals surface area contributed by atoms with Gasteiger partial charge in [0.1, 0.15) is 11.8 Å². The molecule has 0 radical (unpaired) electrons. The SMILES string of the molecule is CCOc1ccccc1N(CCCC(=O)N(Cc1ccccc1Cl)[C@H](CC)C(=O)NC1CCCCC1)S(C)(=O)=O. The Morgan fingerprint density at radius 3 is 2.38 bits per heavy atom. The predicted octanol–water partition coefficient (Wildman–Crippen LogP) is 5.54. The molecule has 2 aromatic rings. The van der Waals surface area contributed by atoms with Gasteiger partial charge in [0.15, 0.2) is 0 Å². The van der Waals surface area contributed by atoms with Crippen LogP contribution >= 0.6 is 11.6 Å². The zero-order valence-electron chi connectivity index (χ0n) is 23.8. The second kappa shape index (κ2) is 15.3. The normalized spacial score (nSPS) is 14.8. The molecule has 1 fully saturated rings. The van der Waals surface area contributed by atoms with Crippen molar-refractivity contribution in [2.45, 2.75) is 83.8 Å². The third kappa shape index (κ3) is 8.86. The van der Waals surface area contributed by atoms with Crippen molar-refractivity contribution in [3.8, 4) is 5.75 Å². The van der Waals surface area contributed by atoms with Gasteiger partial charge in [-0.1, -0.05) is 68.1 Å². The van der Waals surface area contributed by atoms with Crippen LogP contribution in [0.25, 0.3) is 0 Å². The van der Waals surface area contributed by atoms with Crippen LogP contribution in [0.1, 0.15) is 70.8 Å². The van der Waals surface area contributed by atoms with Crippen LogP contribution in [-0.2, 0) is 26.2 Å². The highest BCUT2D eigenvalue weighted by Gasteiger charge is 2.31. The molecule has 2 aromatic carbocycles. The van der Waals surface area contributed by atoms with Crippen molar-refractivity contribution in [3.63, 3.8) is 0 Å². The monoisotopic (exact) mass is 591 g/mol. The Kier molecular flexibility index (Phi) is 12.1. The Balaban J connectivity index is 1.78. The summed E-state index contributed by atoms with van der Waals surface area (Å²) in [5.41, 5.74) is 1.19. The van der Waals surface area contributed by atoms with Gasteiger partial charge in [0, 0.05) is 30.6 Å². The lowest BCUT2D eigenvalue weighted by Crippen LogP contribution is -2.51. The largest absolute Gasteiger partial charge is 0.492 e.